The minimum absolute atomic E-state index is 0.169. The highest BCUT2D eigenvalue weighted by atomic mass is 32.1. The Kier molecular flexibility index (Phi) is 5.41. The van der Waals surface area contributed by atoms with Crippen molar-refractivity contribution in [1.82, 2.24) is 24.1 Å². The summed E-state index contributed by atoms with van der Waals surface area (Å²) in [5.41, 5.74) is 0.734. The Labute approximate surface area is 192 Å². The van der Waals surface area contributed by atoms with Crippen molar-refractivity contribution < 1.29 is 14.3 Å². The van der Waals surface area contributed by atoms with Crippen LogP contribution in [0.1, 0.15) is 25.8 Å². The number of aryl methyl sites for hydroxylation is 1. The van der Waals surface area contributed by atoms with Crippen LogP contribution in [0.5, 0.6) is 11.5 Å². The molecule has 33 heavy (non-hydrogen) atoms. The van der Waals surface area contributed by atoms with E-state index in [2.05, 4.69) is 24.3 Å². The maximum Gasteiger partial charge on any atom is 0.352 e. The zero-order valence-electron chi connectivity index (χ0n) is 18.2. The first-order valence-electron chi connectivity index (χ1n) is 10.7. The number of carbonyl (C=O) groups excluding carboxylic acids is 1. The molecular formula is C22H23N5O5S. The minimum atomic E-state index is -0.454. The van der Waals surface area contributed by atoms with Gasteiger partial charge >= 0.3 is 5.69 Å². The lowest BCUT2D eigenvalue weighted by molar-refractivity contribution is -0.122. The number of ether oxygens (including phenoxy) is 2. The zero-order valence-corrected chi connectivity index (χ0v) is 19.1. The molecule has 5 rings (SSSR count). The summed E-state index contributed by atoms with van der Waals surface area (Å²) >= 11 is 1.29. The van der Waals surface area contributed by atoms with Crippen LogP contribution in [0.2, 0.25) is 0 Å². The zero-order chi connectivity index (χ0) is 23.1. The topological polar surface area (TPSA) is 109 Å². The Balaban J connectivity index is 1.42. The molecule has 0 aliphatic carbocycles. The Morgan fingerprint density at radius 3 is 2.85 bits per heavy atom. The number of nitrogens with one attached hydrogen (secondary N) is 1. The van der Waals surface area contributed by atoms with Crippen LogP contribution in [0, 0.1) is 5.92 Å². The number of amides is 1. The van der Waals surface area contributed by atoms with Gasteiger partial charge in [0, 0.05) is 13.1 Å². The smallest absolute Gasteiger partial charge is 0.352 e. The van der Waals surface area contributed by atoms with E-state index in [1.54, 1.807) is 23.6 Å². The number of carbonyl (C=O) groups is 1. The minimum Gasteiger partial charge on any atom is -0.454 e. The molecule has 0 saturated heterocycles. The van der Waals surface area contributed by atoms with Crippen molar-refractivity contribution in [2.75, 3.05) is 6.79 Å². The molecule has 0 bridgehead atoms. The van der Waals surface area contributed by atoms with Gasteiger partial charge in [0.2, 0.25) is 18.5 Å². The van der Waals surface area contributed by atoms with E-state index in [0.717, 1.165) is 16.7 Å². The van der Waals surface area contributed by atoms with Gasteiger partial charge in [-0.1, -0.05) is 19.9 Å². The first-order chi connectivity index (χ1) is 15.9. The van der Waals surface area contributed by atoms with Crippen molar-refractivity contribution in [2.24, 2.45) is 5.92 Å². The van der Waals surface area contributed by atoms with Gasteiger partial charge in [-0.25, -0.2) is 13.9 Å². The second-order valence-electron chi connectivity index (χ2n) is 8.31. The molecule has 1 aromatic carbocycles. The summed E-state index contributed by atoms with van der Waals surface area (Å²) in [4.78, 5) is 38.7. The molecule has 0 radical (unpaired) electrons. The lowest BCUT2D eigenvalue weighted by atomic mass is 10.1. The van der Waals surface area contributed by atoms with E-state index in [4.69, 9.17) is 9.47 Å². The SMILES string of the molecule is CC(C)CCn1c(=O)c2sccc2n2c(=O)n(CC(=O)NCc3ccc4c(c3)OCO4)nc12. The molecule has 11 heteroatoms. The summed E-state index contributed by atoms with van der Waals surface area (Å²) in [6.07, 6.45) is 0.767. The summed E-state index contributed by atoms with van der Waals surface area (Å²) in [6, 6.07) is 7.17. The van der Waals surface area contributed by atoms with Crippen molar-refractivity contribution >= 4 is 33.2 Å². The third-order valence-electron chi connectivity index (χ3n) is 5.54. The number of hydrogen-bond acceptors (Lipinski definition) is 7. The number of nitrogens with zero attached hydrogens (tertiary/aromatic N) is 4. The third-order valence-corrected chi connectivity index (χ3v) is 6.43. The number of hydrogen-bond donors (Lipinski definition) is 1. The molecule has 4 aromatic rings. The molecule has 3 aromatic heterocycles. The summed E-state index contributed by atoms with van der Waals surface area (Å²) in [5.74, 6) is 1.57. The number of fused-ring (bicyclic) bond motifs is 4. The standard InChI is InChI=1S/C22H23N5O5S/c1-13(2)5-7-25-20(29)19-15(6-8-33-19)27-21(25)24-26(22(27)30)11-18(28)23-10-14-3-4-16-17(9-14)32-12-31-16/h3-4,6,8-9,13H,5,7,10-12H2,1-2H3,(H,23,28). The van der Waals surface area contributed by atoms with Gasteiger partial charge in [-0.2, -0.15) is 0 Å². The highest BCUT2D eigenvalue weighted by Crippen LogP contribution is 2.32. The molecule has 10 nitrogen and oxygen atoms in total. The number of benzene rings is 1. The van der Waals surface area contributed by atoms with Crippen molar-refractivity contribution in [3.05, 3.63) is 56.0 Å². The van der Waals surface area contributed by atoms with E-state index in [-0.39, 0.29) is 37.1 Å². The molecule has 172 valence electrons. The van der Waals surface area contributed by atoms with Crippen molar-refractivity contribution in [3.63, 3.8) is 0 Å². The molecule has 0 saturated carbocycles. The quantitative estimate of drug-likeness (QED) is 0.443. The van der Waals surface area contributed by atoms with E-state index in [1.165, 1.54) is 20.3 Å². The van der Waals surface area contributed by atoms with Crippen molar-refractivity contribution in [3.8, 4) is 11.5 Å². The van der Waals surface area contributed by atoms with E-state index >= 15 is 0 Å². The van der Waals surface area contributed by atoms with Crippen LogP contribution in [0.15, 0.2) is 39.2 Å². The number of aromatic nitrogens is 4. The van der Waals surface area contributed by atoms with Gasteiger partial charge in [-0.05, 0) is 41.5 Å². The van der Waals surface area contributed by atoms with Crippen molar-refractivity contribution in [2.45, 2.75) is 39.9 Å². The highest BCUT2D eigenvalue weighted by molar-refractivity contribution is 7.17. The monoisotopic (exact) mass is 469 g/mol. The summed E-state index contributed by atoms with van der Waals surface area (Å²) in [5, 5.41) is 8.94. The average Bonchev–Trinajstić information content (AvgIpc) is 3.51. The maximum absolute atomic E-state index is 13.1. The molecule has 0 atom stereocenters. The first kappa shape index (κ1) is 21.3. The van der Waals surface area contributed by atoms with Gasteiger partial charge in [0.1, 0.15) is 11.2 Å². The van der Waals surface area contributed by atoms with Gasteiger partial charge in [0.05, 0.1) is 5.52 Å². The highest BCUT2D eigenvalue weighted by Gasteiger charge is 2.20. The Morgan fingerprint density at radius 2 is 2.03 bits per heavy atom. The molecular weight excluding hydrogens is 446 g/mol. The lowest BCUT2D eigenvalue weighted by Crippen LogP contribution is -2.32. The molecule has 0 fully saturated rings. The average molecular weight is 470 g/mol. The van der Waals surface area contributed by atoms with Crippen LogP contribution in [-0.2, 0) is 24.4 Å². The van der Waals surface area contributed by atoms with Crippen LogP contribution in [-0.4, -0.2) is 31.4 Å². The van der Waals surface area contributed by atoms with Crippen LogP contribution < -0.4 is 26.0 Å². The van der Waals surface area contributed by atoms with Gasteiger partial charge in [0.15, 0.2) is 11.5 Å². The first-order valence-corrected chi connectivity index (χ1v) is 11.5. The molecule has 1 amide bonds. The van der Waals surface area contributed by atoms with Crippen LogP contribution in [0.4, 0.5) is 0 Å². The second kappa shape index (κ2) is 8.39. The maximum atomic E-state index is 13.1. The van der Waals surface area contributed by atoms with Gasteiger partial charge in [0.25, 0.3) is 5.56 Å². The van der Waals surface area contributed by atoms with E-state index in [1.807, 2.05) is 6.07 Å². The summed E-state index contributed by atoms with van der Waals surface area (Å²) < 4.78 is 15.2. The fraction of sp³-hybridized carbons (Fsp3) is 0.364. The Bertz CT molecular complexity index is 1480. The number of rotatable bonds is 7. The molecule has 4 heterocycles. The lowest BCUT2D eigenvalue weighted by Gasteiger charge is -2.09. The fourth-order valence-electron chi connectivity index (χ4n) is 3.77. The molecule has 0 unspecified atom stereocenters. The third kappa shape index (κ3) is 3.88. The Hall–Kier alpha value is -3.60. The predicted octanol–water partition coefficient (Wildman–Crippen LogP) is 1.96. The van der Waals surface area contributed by atoms with Crippen LogP contribution >= 0.6 is 11.3 Å². The van der Waals surface area contributed by atoms with E-state index in [0.29, 0.717) is 34.2 Å². The normalized spacial score (nSPS) is 12.8. The largest absolute Gasteiger partial charge is 0.454 e. The van der Waals surface area contributed by atoms with E-state index in [9.17, 15) is 14.4 Å². The second-order valence-corrected chi connectivity index (χ2v) is 9.23. The van der Waals surface area contributed by atoms with Gasteiger partial charge < -0.3 is 14.8 Å². The Morgan fingerprint density at radius 1 is 1.21 bits per heavy atom. The summed E-state index contributed by atoms with van der Waals surface area (Å²) in [7, 11) is 0. The van der Waals surface area contributed by atoms with Crippen molar-refractivity contribution in [1.29, 1.82) is 0 Å². The molecule has 1 aliphatic rings. The van der Waals surface area contributed by atoms with Crippen LogP contribution in [0.25, 0.3) is 16.0 Å². The van der Waals surface area contributed by atoms with Gasteiger partial charge in [-0.3, -0.25) is 14.2 Å². The van der Waals surface area contributed by atoms with E-state index < -0.39 is 5.69 Å². The number of thiophene rings is 1. The molecule has 1 N–H and O–H groups in total. The van der Waals surface area contributed by atoms with Gasteiger partial charge in [-0.15, -0.1) is 16.4 Å². The molecule has 0 spiro atoms. The predicted molar refractivity (Wildman–Crippen MR) is 123 cm³/mol. The summed E-state index contributed by atoms with van der Waals surface area (Å²) in [6.45, 7) is 4.78. The fourth-order valence-corrected chi connectivity index (χ4v) is 4.59. The molecule has 1 aliphatic heterocycles. The van der Waals surface area contributed by atoms with Crippen LogP contribution in [0.3, 0.4) is 0 Å².